The minimum Gasteiger partial charge on any atom is -0.475 e. The quantitative estimate of drug-likeness (QED) is 0.675. The molecule has 2 rings (SSSR count). The molecule has 0 spiro atoms. The van der Waals surface area contributed by atoms with Crippen LogP contribution in [0.3, 0.4) is 0 Å². The van der Waals surface area contributed by atoms with E-state index in [0.717, 1.165) is 0 Å². The molecule has 1 aliphatic rings. The van der Waals surface area contributed by atoms with E-state index < -0.39 is 23.0 Å². The van der Waals surface area contributed by atoms with Crippen LogP contribution in [0.1, 0.15) is 33.6 Å². The lowest BCUT2D eigenvalue weighted by atomic mass is 10.2. The summed E-state index contributed by atoms with van der Waals surface area (Å²) in [6.07, 6.45) is 1.15. The Hall–Kier alpha value is -1.78. The second-order valence-corrected chi connectivity index (χ2v) is 5.78. The Bertz CT molecular complexity index is 504. The third-order valence-electron chi connectivity index (χ3n) is 2.76. The predicted molar refractivity (Wildman–Crippen MR) is 69.3 cm³/mol. The fraction of sp³-hybridized carbons (Fsp3) is 0.500. The number of carbonyl (C=O) groups is 1. The van der Waals surface area contributed by atoms with Gasteiger partial charge in [-0.1, -0.05) is 0 Å². The summed E-state index contributed by atoms with van der Waals surface area (Å²) in [5.74, 6) is -0.676. The number of nitrogens with two attached hydrogens (primary N) is 1. The van der Waals surface area contributed by atoms with Gasteiger partial charge in [0.1, 0.15) is 17.2 Å². The van der Waals surface area contributed by atoms with Crippen LogP contribution in [0.2, 0.25) is 0 Å². The Morgan fingerprint density at radius 1 is 1.37 bits per heavy atom. The summed E-state index contributed by atoms with van der Waals surface area (Å²) in [6.45, 7) is 5.39. The highest BCUT2D eigenvalue weighted by atomic mass is 19.1. The lowest BCUT2D eigenvalue weighted by Gasteiger charge is -2.24. The first kappa shape index (κ1) is 13.6. The molecule has 4 nitrogen and oxygen atoms in total. The molecule has 1 fully saturated rings. The Balaban J connectivity index is 2.09. The molecule has 104 valence electrons. The first-order valence-electron chi connectivity index (χ1n) is 6.19. The third-order valence-corrected chi connectivity index (χ3v) is 2.76. The van der Waals surface area contributed by atoms with Gasteiger partial charge in [0.05, 0.1) is 5.69 Å². The zero-order valence-electron chi connectivity index (χ0n) is 11.3. The fourth-order valence-corrected chi connectivity index (χ4v) is 1.63. The van der Waals surface area contributed by atoms with E-state index in [1.165, 1.54) is 12.1 Å². The molecule has 0 amide bonds. The SMILES string of the molecule is CC(C)(C)OC(=O)C1(Oc2ccc(N)c(F)c2)CC1. The molecule has 5 heteroatoms. The van der Waals surface area contributed by atoms with Crippen molar-refractivity contribution in [3.8, 4) is 5.75 Å². The molecule has 0 aliphatic heterocycles. The van der Waals surface area contributed by atoms with Crippen molar-refractivity contribution in [3.05, 3.63) is 24.0 Å². The van der Waals surface area contributed by atoms with Gasteiger partial charge in [0.2, 0.25) is 5.60 Å². The standard InChI is InChI=1S/C14H18FNO3/c1-13(2,3)19-12(17)14(6-7-14)18-9-4-5-11(16)10(15)8-9/h4-5,8H,6-7,16H2,1-3H3. The van der Waals surface area contributed by atoms with E-state index in [9.17, 15) is 9.18 Å². The molecule has 0 unspecified atom stereocenters. The number of benzene rings is 1. The molecule has 1 aliphatic carbocycles. The Morgan fingerprint density at radius 3 is 2.47 bits per heavy atom. The number of rotatable bonds is 3. The number of hydrogen-bond donors (Lipinski definition) is 1. The van der Waals surface area contributed by atoms with E-state index in [1.54, 1.807) is 26.8 Å². The molecule has 19 heavy (non-hydrogen) atoms. The maximum absolute atomic E-state index is 13.3. The van der Waals surface area contributed by atoms with Crippen molar-refractivity contribution in [3.63, 3.8) is 0 Å². The van der Waals surface area contributed by atoms with Gasteiger partial charge in [-0.15, -0.1) is 0 Å². The van der Waals surface area contributed by atoms with Crippen molar-refractivity contribution in [2.45, 2.75) is 44.8 Å². The number of esters is 1. The largest absolute Gasteiger partial charge is 0.475 e. The first-order chi connectivity index (χ1) is 8.72. The van der Waals surface area contributed by atoms with E-state index in [1.807, 2.05) is 0 Å². The Labute approximate surface area is 111 Å². The van der Waals surface area contributed by atoms with Crippen LogP contribution in [0.5, 0.6) is 5.75 Å². The van der Waals surface area contributed by atoms with E-state index in [4.69, 9.17) is 15.2 Å². The van der Waals surface area contributed by atoms with Crippen LogP contribution in [0.25, 0.3) is 0 Å². The summed E-state index contributed by atoms with van der Waals surface area (Å²) >= 11 is 0. The van der Waals surface area contributed by atoms with Gasteiger partial charge in [0, 0.05) is 18.9 Å². The molecule has 0 atom stereocenters. The summed E-state index contributed by atoms with van der Waals surface area (Å²) in [5.41, 5.74) is 3.91. The van der Waals surface area contributed by atoms with Gasteiger partial charge in [-0.2, -0.15) is 0 Å². The molecular formula is C14H18FNO3. The molecule has 0 saturated heterocycles. The Morgan fingerprint density at radius 2 is 2.00 bits per heavy atom. The van der Waals surface area contributed by atoms with Crippen molar-refractivity contribution in [2.24, 2.45) is 0 Å². The van der Waals surface area contributed by atoms with Crippen molar-refractivity contribution >= 4 is 11.7 Å². The van der Waals surface area contributed by atoms with Crippen molar-refractivity contribution in [1.29, 1.82) is 0 Å². The van der Waals surface area contributed by atoms with Crippen LogP contribution < -0.4 is 10.5 Å². The first-order valence-corrected chi connectivity index (χ1v) is 6.19. The zero-order valence-corrected chi connectivity index (χ0v) is 11.3. The highest BCUT2D eigenvalue weighted by Crippen LogP contribution is 2.42. The Kier molecular flexibility index (Phi) is 3.16. The van der Waals surface area contributed by atoms with Crippen molar-refractivity contribution < 1.29 is 18.7 Å². The molecule has 1 saturated carbocycles. The number of anilines is 1. The highest BCUT2D eigenvalue weighted by Gasteiger charge is 2.55. The smallest absolute Gasteiger partial charge is 0.351 e. The molecule has 0 heterocycles. The summed E-state index contributed by atoms with van der Waals surface area (Å²) in [6, 6.07) is 4.14. The number of nitrogen functional groups attached to an aromatic ring is 1. The van der Waals surface area contributed by atoms with Gasteiger partial charge in [0.25, 0.3) is 0 Å². The second kappa shape index (κ2) is 4.40. The van der Waals surface area contributed by atoms with Crippen molar-refractivity contribution in [1.82, 2.24) is 0 Å². The summed E-state index contributed by atoms with van der Waals surface area (Å²) in [4.78, 5) is 12.0. The fourth-order valence-electron chi connectivity index (χ4n) is 1.63. The van der Waals surface area contributed by atoms with Crippen LogP contribution in [0.15, 0.2) is 18.2 Å². The average Bonchev–Trinajstić information content (AvgIpc) is 3.02. The molecule has 0 radical (unpaired) electrons. The van der Waals surface area contributed by atoms with E-state index >= 15 is 0 Å². The third kappa shape index (κ3) is 3.16. The maximum Gasteiger partial charge on any atom is 0.351 e. The minimum absolute atomic E-state index is 0.0504. The van der Waals surface area contributed by atoms with Gasteiger partial charge in [-0.05, 0) is 32.9 Å². The normalized spacial score (nSPS) is 16.8. The molecule has 0 aromatic heterocycles. The van der Waals surface area contributed by atoms with E-state index in [2.05, 4.69) is 0 Å². The molecule has 1 aromatic rings. The zero-order chi connectivity index (χ0) is 14.3. The van der Waals surface area contributed by atoms with Gasteiger partial charge in [-0.25, -0.2) is 9.18 Å². The van der Waals surface area contributed by atoms with Crippen LogP contribution in [0.4, 0.5) is 10.1 Å². The van der Waals surface area contributed by atoms with Gasteiger partial charge >= 0.3 is 5.97 Å². The summed E-state index contributed by atoms with van der Waals surface area (Å²) in [5, 5.41) is 0. The minimum atomic E-state index is -0.962. The molecule has 2 N–H and O–H groups in total. The number of hydrogen-bond acceptors (Lipinski definition) is 4. The highest BCUT2D eigenvalue weighted by molar-refractivity contribution is 5.83. The van der Waals surface area contributed by atoms with Crippen LogP contribution in [-0.4, -0.2) is 17.2 Å². The van der Waals surface area contributed by atoms with Crippen molar-refractivity contribution in [2.75, 3.05) is 5.73 Å². The summed E-state index contributed by atoms with van der Waals surface area (Å²) < 4.78 is 24.2. The number of ether oxygens (including phenoxy) is 2. The monoisotopic (exact) mass is 267 g/mol. The van der Waals surface area contributed by atoms with E-state index in [0.29, 0.717) is 12.8 Å². The average molecular weight is 267 g/mol. The van der Waals surface area contributed by atoms with Gasteiger partial charge in [-0.3, -0.25) is 0 Å². The topological polar surface area (TPSA) is 61.5 Å². The van der Waals surface area contributed by atoms with Gasteiger partial charge in [0.15, 0.2) is 0 Å². The molecular weight excluding hydrogens is 249 g/mol. The summed E-state index contributed by atoms with van der Waals surface area (Å²) in [7, 11) is 0. The predicted octanol–water partition coefficient (Wildman–Crippen LogP) is 2.66. The molecule has 0 bridgehead atoms. The lowest BCUT2D eigenvalue weighted by Crippen LogP contribution is -2.37. The number of carbonyl (C=O) groups excluding carboxylic acids is 1. The van der Waals surface area contributed by atoms with Crippen LogP contribution in [-0.2, 0) is 9.53 Å². The van der Waals surface area contributed by atoms with E-state index in [-0.39, 0.29) is 11.4 Å². The molecule has 1 aromatic carbocycles. The van der Waals surface area contributed by atoms with Crippen LogP contribution >= 0.6 is 0 Å². The van der Waals surface area contributed by atoms with Crippen LogP contribution in [0, 0.1) is 5.82 Å². The second-order valence-electron chi connectivity index (χ2n) is 5.78. The van der Waals surface area contributed by atoms with Gasteiger partial charge < -0.3 is 15.2 Å². The maximum atomic E-state index is 13.3. The number of halogens is 1. The lowest BCUT2D eigenvalue weighted by molar-refractivity contribution is -0.165.